The van der Waals surface area contributed by atoms with Gasteiger partial charge in [0, 0.05) is 50.0 Å². The van der Waals surface area contributed by atoms with E-state index in [1.165, 1.54) is 24.2 Å². The lowest BCUT2D eigenvalue weighted by molar-refractivity contribution is 0.119. The number of rotatable bonds is 4. The summed E-state index contributed by atoms with van der Waals surface area (Å²) in [5.74, 6) is 0.119. The average Bonchev–Trinajstić information content (AvgIpc) is 3.19. The van der Waals surface area contributed by atoms with Crippen LogP contribution in [0.2, 0.25) is 0 Å². The summed E-state index contributed by atoms with van der Waals surface area (Å²) >= 11 is 0. The van der Waals surface area contributed by atoms with Crippen molar-refractivity contribution in [1.29, 1.82) is 0 Å². The van der Waals surface area contributed by atoms with E-state index in [2.05, 4.69) is 39.0 Å². The van der Waals surface area contributed by atoms with E-state index in [0.717, 1.165) is 45.2 Å². The molecule has 4 heterocycles. The Labute approximate surface area is 181 Å². The number of benzene rings is 1. The number of anilines is 1. The zero-order valence-electron chi connectivity index (χ0n) is 17.7. The van der Waals surface area contributed by atoms with Gasteiger partial charge in [0.05, 0.1) is 11.9 Å². The van der Waals surface area contributed by atoms with Crippen molar-refractivity contribution in [1.82, 2.24) is 19.4 Å². The van der Waals surface area contributed by atoms with E-state index in [1.807, 2.05) is 6.07 Å². The lowest BCUT2D eigenvalue weighted by Crippen LogP contribution is -2.61. The lowest BCUT2D eigenvalue weighted by Gasteiger charge is -2.48. The number of nitrogens with zero attached hydrogens (tertiary/aromatic N) is 5. The van der Waals surface area contributed by atoms with Gasteiger partial charge in [0.1, 0.15) is 0 Å². The standard InChI is InChI=1S/C24H26FN5O/c1-28-22(31)14-21(19-8-10-26-16-20(19)25)27-23(28)29-12-13-30-11-5-9-24(30,17-29)15-18-6-3-2-4-7-18/h2-4,6-8,10,14,16H,5,9,11-13,15,17H2,1H3. The van der Waals surface area contributed by atoms with Crippen molar-refractivity contribution in [2.24, 2.45) is 7.05 Å². The first kappa shape index (κ1) is 19.9. The van der Waals surface area contributed by atoms with E-state index in [1.54, 1.807) is 17.7 Å². The van der Waals surface area contributed by atoms with Crippen LogP contribution in [0.1, 0.15) is 18.4 Å². The van der Waals surface area contributed by atoms with Crippen LogP contribution in [0, 0.1) is 5.82 Å². The highest BCUT2D eigenvalue weighted by Crippen LogP contribution is 2.37. The molecule has 0 N–H and O–H groups in total. The Morgan fingerprint density at radius 1 is 1.13 bits per heavy atom. The van der Waals surface area contributed by atoms with E-state index in [-0.39, 0.29) is 11.1 Å². The van der Waals surface area contributed by atoms with Crippen LogP contribution in [0.25, 0.3) is 11.3 Å². The maximum Gasteiger partial charge on any atom is 0.255 e. The Balaban J connectivity index is 1.52. The van der Waals surface area contributed by atoms with Gasteiger partial charge >= 0.3 is 0 Å². The molecule has 2 fully saturated rings. The first-order valence-corrected chi connectivity index (χ1v) is 10.8. The molecule has 1 aromatic carbocycles. The van der Waals surface area contributed by atoms with Gasteiger partial charge < -0.3 is 4.90 Å². The predicted octanol–water partition coefficient (Wildman–Crippen LogP) is 2.88. The second-order valence-electron chi connectivity index (χ2n) is 8.59. The number of aromatic nitrogens is 3. The van der Waals surface area contributed by atoms with Crippen molar-refractivity contribution in [2.45, 2.75) is 24.8 Å². The summed E-state index contributed by atoms with van der Waals surface area (Å²) < 4.78 is 15.9. The van der Waals surface area contributed by atoms with Crippen molar-refractivity contribution in [3.05, 3.63) is 76.6 Å². The molecule has 7 heteroatoms. The van der Waals surface area contributed by atoms with Gasteiger partial charge in [-0.2, -0.15) is 0 Å². The highest BCUT2D eigenvalue weighted by Gasteiger charge is 2.45. The third-order valence-corrected chi connectivity index (χ3v) is 6.68. The van der Waals surface area contributed by atoms with Crippen LogP contribution in [-0.2, 0) is 13.5 Å². The van der Waals surface area contributed by atoms with Gasteiger partial charge in [-0.25, -0.2) is 9.37 Å². The summed E-state index contributed by atoms with van der Waals surface area (Å²) in [6.07, 6.45) is 5.93. The molecule has 0 aliphatic carbocycles. The average molecular weight is 420 g/mol. The summed E-state index contributed by atoms with van der Waals surface area (Å²) in [7, 11) is 1.74. The Hall–Kier alpha value is -3.06. The van der Waals surface area contributed by atoms with Gasteiger partial charge in [0.25, 0.3) is 5.56 Å². The van der Waals surface area contributed by atoms with E-state index in [0.29, 0.717) is 17.2 Å². The molecule has 2 aliphatic rings. The third kappa shape index (κ3) is 3.63. The molecule has 160 valence electrons. The van der Waals surface area contributed by atoms with Crippen LogP contribution in [0.5, 0.6) is 0 Å². The second-order valence-corrected chi connectivity index (χ2v) is 8.59. The van der Waals surface area contributed by atoms with Crippen molar-refractivity contribution in [3.8, 4) is 11.3 Å². The maximum absolute atomic E-state index is 14.3. The Bertz CT molecular complexity index is 1150. The lowest BCUT2D eigenvalue weighted by atomic mass is 9.86. The quantitative estimate of drug-likeness (QED) is 0.651. The van der Waals surface area contributed by atoms with E-state index >= 15 is 0 Å². The van der Waals surface area contributed by atoms with Gasteiger partial charge in [-0.3, -0.25) is 19.2 Å². The van der Waals surface area contributed by atoms with E-state index in [9.17, 15) is 9.18 Å². The topological polar surface area (TPSA) is 54.3 Å². The third-order valence-electron chi connectivity index (χ3n) is 6.68. The summed E-state index contributed by atoms with van der Waals surface area (Å²) in [4.78, 5) is 26.1. The molecule has 2 aromatic heterocycles. The molecule has 2 saturated heterocycles. The summed E-state index contributed by atoms with van der Waals surface area (Å²) in [6, 6.07) is 13.5. The van der Waals surface area contributed by atoms with Crippen LogP contribution in [-0.4, -0.2) is 51.2 Å². The summed E-state index contributed by atoms with van der Waals surface area (Å²) in [5, 5.41) is 0. The maximum atomic E-state index is 14.3. The molecule has 0 spiro atoms. The normalized spacial score (nSPS) is 21.3. The number of pyridine rings is 1. The molecule has 1 unspecified atom stereocenters. The molecule has 2 aliphatic heterocycles. The van der Waals surface area contributed by atoms with E-state index < -0.39 is 5.82 Å². The van der Waals surface area contributed by atoms with Crippen molar-refractivity contribution in [2.75, 3.05) is 31.1 Å². The molecule has 0 saturated carbocycles. The fraction of sp³-hybridized carbons (Fsp3) is 0.375. The molecular weight excluding hydrogens is 393 g/mol. The first-order valence-electron chi connectivity index (χ1n) is 10.8. The summed E-state index contributed by atoms with van der Waals surface area (Å²) in [5.41, 5.74) is 1.80. The van der Waals surface area contributed by atoms with Gasteiger partial charge in [-0.1, -0.05) is 30.3 Å². The Kier molecular flexibility index (Phi) is 5.06. The zero-order valence-corrected chi connectivity index (χ0v) is 17.7. The SMILES string of the molecule is Cn1c(N2CCN3CCCC3(Cc3ccccc3)C2)nc(-c2ccncc2F)cc1=O. The highest BCUT2D eigenvalue weighted by molar-refractivity contribution is 5.60. The van der Waals surface area contributed by atoms with Crippen molar-refractivity contribution < 1.29 is 4.39 Å². The molecule has 0 bridgehead atoms. The molecule has 0 radical (unpaired) electrons. The molecular formula is C24H26FN5O. The molecule has 0 amide bonds. The molecule has 31 heavy (non-hydrogen) atoms. The summed E-state index contributed by atoms with van der Waals surface area (Å²) in [6.45, 7) is 3.62. The molecule has 5 rings (SSSR count). The number of hydrogen-bond acceptors (Lipinski definition) is 5. The van der Waals surface area contributed by atoms with E-state index in [4.69, 9.17) is 4.98 Å². The number of halogens is 1. The van der Waals surface area contributed by atoms with Crippen molar-refractivity contribution in [3.63, 3.8) is 0 Å². The number of piperazine rings is 1. The number of fused-ring (bicyclic) bond motifs is 1. The van der Waals surface area contributed by atoms with Crippen LogP contribution in [0.3, 0.4) is 0 Å². The largest absolute Gasteiger partial charge is 0.339 e. The monoisotopic (exact) mass is 419 g/mol. The van der Waals surface area contributed by atoms with Crippen LogP contribution in [0.4, 0.5) is 10.3 Å². The minimum Gasteiger partial charge on any atom is -0.339 e. The molecule has 1 atom stereocenters. The first-order chi connectivity index (χ1) is 15.1. The Morgan fingerprint density at radius 3 is 2.77 bits per heavy atom. The second kappa shape index (κ2) is 7.89. The van der Waals surface area contributed by atoms with Crippen molar-refractivity contribution >= 4 is 5.95 Å². The minimum atomic E-state index is -0.477. The zero-order chi connectivity index (χ0) is 21.4. The smallest absolute Gasteiger partial charge is 0.255 e. The van der Waals surface area contributed by atoms with Crippen LogP contribution >= 0.6 is 0 Å². The fourth-order valence-corrected chi connectivity index (χ4v) is 5.13. The molecule has 6 nitrogen and oxygen atoms in total. The van der Waals surface area contributed by atoms with Crippen LogP contribution < -0.4 is 10.5 Å². The minimum absolute atomic E-state index is 0.0231. The predicted molar refractivity (Wildman–Crippen MR) is 119 cm³/mol. The molecule has 3 aromatic rings. The fourth-order valence-electron chi connectivity index (χ4n) is 5.13. The van der Waals surface area contributed by atoms with Gasteiger partial charge in [-0.05, 0) is 37.4 Å². The van der Waals surface area contributed by atoms with Gasteiger partial charge in [0.2, 0.25) is 5.95 Å². The Morgan fingerprint density at radius 2 is 1.97 bits per heavy atom. The van der Waals surface area contributed by atoms with Gasteiger partial charge in [0.15, 0.2) is 5.82 Å². The van der Waals surface area contributed by atoms with Gasteiger partial charge in [-0.15, -0.1) is 0 Å². The van der Waals surface area contributed by atoms with Crippen LogP contribution in [0.15, 0.2) is 59.7 Å². The highest BCUT2D eigenvalue weighted by atomic mass is 19.1. The number of hydrogen-bond donors (Lipinski definition) is 0.